The Hall–Kier alpha value is -4.26. The minimum absolute atomic E-state index is 0.338. The van der Waals surface area contributed by atoms with E-state index in [9.17, 15) is 9.59 Å². The largest absolute Gasteiger partial charge is 0.496 e. The van der Waals surface area contributed by atoms with E-state index in [1.807, 2.05) is 54.6 Å². The number of amides is 2. The molecule has 3 aromatic carbocycles. The first-order valence-electron chi connectivity index (χ1n) is 10.1. The number of nitrogens with one attached hydrogen (secondary N) is 2. The van der Waals surface area contributed by atoms with Crippen LogP contribution >= 0.6 is 0 Å². The average Bonchev–Trinajstić information content (AvgIpc) is 2.86. The summed E-state index contributed by atoms with van der Waals surface area (Å²) in [5.41, 5.74) is 7.11. The van der Waals surface area contributed by atoms with E-state index in [1.165, 1.54) is 0 Å². The lowest BCUT2D eigenvalue weighted by atomic mass is 10.0. The van der Waals surface area contributed by atoms with Crippen LogP contribution < -0.4 is 25.1 Å². The predicted octanol–water partition coefficient (Wildman–Crippen LogP) is 3.47. The summed E-state index contributed by atoms with van der Waals surface area (Å²) >= 11 is 0. The highest BCUT2D eigenvalue weighted by atomic mass is 16.6. The van der Waals surface area contributed by atoms with Crippen molar-refractivity contribution < 1.29 is 23.8 Å². The maximum absolute atomic E-state index is 13.0. The smallest absolute Gasteiger partial charge is 0.270 e. The van der Waals surface area contributed by atoms with Crippen molar-refractivity contribution in [3.8, 4) is 17.2 Å². The summed E-state index contributed by atoms with van der Waals surface area (Å²) < 4.78 is 16.4. The monoisotopic (exact) mass is 430 g/mol. The summed E-state index contributed by atoms with van der Waals surface area (Å²) in [4.78, 5) is 25.6. The molecule has 0 saturated heterocycles. The van der Waals surface area contributed by atoms with Gasteiger partial charge in [0, 0.05) is 16.7 Å². The Morgan fingerprint density at radius 3 is 2.34 bits per heavy atom. The van der Waals surface area contributed by atoms with Crippen LogP contribution in [-0.4, -0.2) is 32.1 Å². The lowest BCUT2D eigenvalue weighted by molar-refractivity contribution is -0.116. The van der Waals surface area contributed by atoms with Crippen LogP contribution in [0, 0.1) is 0 Å². The molecule has 3 aromatic rings. The molecule has 0 aromatic heterocycles. The van der Waals surface area contributed by atoms with E-state index in [0.717, 1.165) is 5.56 Å². The molecule has 0 atom stereocenters. The lowest BCUT2D eigenvalue weighted by Gasteiger charge is -2.18. The average molecular weight is 430 g/mol. The topological polar surface area (TPSA) is 85.9 Å². The van der Waals surface area contributed by atoms with Gasteiger partial charge < -0.3 is 14.2 Å². The van der Waals surface area contributed by atoms with Gasteiger partial charge in [0.15, 0.2) is 11.5 Å². The number of ether oxygens (including phenoxy) is 3. The zero-order valence-electron chi connectivity index (χ0n) is 17.5. The second-order valence-corrected chi connectivity index (χ2v) is 6.93. The molecule has 2 amide bonds. The van der Waals surface area contributed by atoms with E-state index in [4.69, 9.17) is 14.2 Å². The second-order valence-electron chi connectivity index (χ2n) is 6.93. The third-order valence-electron chi connectivity index (χ3n) is 4.86. The van der Waals surface area contributed by atoms with E-state index in [1.54, 1.807) is 31.4 Å². The predicted molar refractivity (Wildman–Crippen MR) is 120 cm³/mol. The maximum atomic E-state index is 13.0. The number of para-hydroxylation sites is 1. The second kappa shape index (κ2) is 9.70. The van der Waals surface area contributed by atoms with Gasteiger partial charge in [-0.3, -0.25) is 20.4 Å². The number of fused-ring (bicyclic) bond motifs is 1. The maximum Gasteiger partial charge on any atom is 0.270 e. The molecule has 1 heterocycles. The summed E-state index contributed by atoms with van der Waals surface area (Å²) in [6.07, 6.45) is 1.72. The van der Waals surface area contributed by atoms with Crippen LogP contribution in [0.5, 0.6) is 17.2 Å². The van der Waals surface area contributed by atoms with Gasteiger partial charge in [0.05, 0.1) is 7.11 Å². The fourth-order valence-corrected chi connectivity index (χ4v) is 3.28. The van der Waals surface area contributed by atoms with Gasteiger partial charge >= 0.3 is 0 Å². The third kappa shape index (κ3) is 4.73. The van der Waals surface area contributed by atoms with Gasteiger partial charge in [-0.05, 0) is 35.9 Å². The molecule has 0 radical (unpaired) electrons. The van der Waals surface area contributed by atoms with E-state index in [0.29, 0.717) is 47.2 Å². The van der Waals surface area contributed by atoms with Crippen molar-refractivity contribution >= 4 is 23.5 Å². The first kappa shape index (κ1) is 21.0. The molecule has 4 rings (SSSR count). The molecule has 0 spiro atoms. The zero-order chi connectivity index (χ0) is 22.3. The van der Waals surface area contributed by atoms with Gasteiger partial charge in [0.2, 0.25) is 0 Å². The molecule has 0 fully saturated rings. The highest BCUT2D eigenvalue weighted by Crippen LogP contribution is 2.30. The minimum Gasteiger partial charge on any atom is -0.496 e. The number of rotatable bonds is 5. The molecule has 1 aliphatic rings. The first-order valence-corrected chi connectivity index (χ1v) is 10.1. The molecule has 0 aliphatic carbocycles. The van der Waals surface area contributed by atoms with E-state index < -0.39 is 11.8 Å². The van der Waals surface area contributed by atoms with E-state index >= 15 is 0 Å². The number of benzene rings is 3. The highest BCUT2D eigenvalue weighted by molar-refractivity contribution is 6.24. The molecule has 1 aliphatic heterocycles. The van der Waals surface area contributed by atoms with Crippen molar-refractivity contribution in [2.45, 2.75) is 0 Å². The Morgan fingerprint density at radius 1 is 0.844 bits per heavy atom. The number of hydrogen-bond acceptors (Lipinski definition) is 5. The van der Waals surface area contributed by atoms with Crippen LogP contribution in [-0.2, 0) is 4.79 Å². The van der Waals surface area contributed by atoms with Crippen molar-refractivity contribution in [2.75, 3.05) is 20.3 Å². The first-order chi connectivity index (χ1) is 15.7. The van der Waals surface area contributed by atoms with Crippen LogP contribution in [0.15, 0.2) is 72.8 Å². The van der Waals surface area contributed by atoms with Crippen molar-refractivity contribution in [3.63, 3.8) is 0 Å². The molecular formula is C25H22N2O5. The molecule has 0 unspecified atom stereocenters. The number of methoxy groups -OCH3 is 1. The van der Waals surface area contributed by atoms with Crippen LogP contribution in [0.2, 0.25) is 0 Å². The molecule has 162 valence electrons. The summed E-state index contributed by atoms with van der Waals surface area (Å²) in [5.74, 6) is 0.779. The number of carbonyl (C=O) groups excluding carboxylic acids is 2. The molecule has 7 nitrogen and oxygen atoms in total. The molecule has 0 saturated carbocycles. The molecule has 7 heteroatoms. The van der Waals surface area contributed by atoms with E-state index in [2.05, 4.69) is 10.9 Å². The number of carbonyl (C=O) groups is 2. The van der Waals surface area contributed by atoms with Crippen molar-refractivity contribution in [3.05, 3.63) is 89.5 Å². The SMILES string of the molecule is COc1ccccc1C=C(C(=O)NNC(=O)c1ccc2c(c1)OCCO2)c1ccccc1. The number of hydrogen-bond donors (Lipinski definition) is 2. The molecule has 0 bridgehead atoms. The third-order valence-corrected chi connectivity index (χ3v) is 4.86. The van der Waals surface area contributed by atoms with Crippen molar-refractivity contribution in [1.82, 2.24) is 10.9 Å². The molecule has 32 heavy (non-hydrogen) atoms. The van der Waals surface area contributed by atoms with Crippen LogP contribution in [0.4, 0.5) is 0 Å². The highest BCUT2D eigenvalue weighted by Gasteiger charge is 2.17. The summed E-state index contributed by atoms with van der Waals surface area (Å²) in [5, 5.41) is 0. The zero-order valence-corrected chi connectivity index (χ0v) is 17.5. The van der Waals surface area contributed by atoms with Crippen LogP contribution in [0.25, 0.3) is 11.6 Å². The van der Waals surface area contributed by atoms with Crippen molar-refractivity contribution in [1.29, 1.82) is 0 Å². The summed E-state index contributed by atoms with van der Waals surface area (Å²) in [7, 11) is 1.57. The standard InChI is InChI=1S/C25H22N2O5/c1-30-21-10-6-5-9-18(21)15-20(17-7-3-2-4-8-17)25(29)27-26-24(28)19-11-12-22-23(16-19)32-14-13-31-22/h2-12,15-16H,13-14H2,1H3,(H,26,28)(H,27,29). The van der Waals surface area contributed by atoms with Gasteiger partial charge in [-0.15, -0.1) is 0 Å². The van der Waals surface area contributed by atoms with Crippen molar-refractivity contribution in [2.24, 2.45) is 0 Å². The normalized spacial score (nSPS) is 12.6. The van der Waals surface area contributed by atoms with Gasteiger partial charge in [-0.1, -0.05) is 48.5 Å². The van der Waals surface area contributed by atoms with Gasteiger partial charge in [0.25, 0.3) is 11.8 Å². The lowest BCUT2D eigenvalue weighted by Crippen LogP contribution is -2.42. The fraction of sp³-hybridized carbons (Fsp3) is 0.120. The Labute approximate surface area is 185 Å². The van der Waals surface area contributed by atoms with Crippen LogP contribution in [0.1, 0.15) is 21.5 Å². The van der Waals surface area contributed by atoms with Crippen LogP contribution in [0.3, 0.4) is 0 Å². The summed E-state index contributed by atoms with van der Waals surface area (Å²) in [6, 6.07) is 21.4. The Balaban J connectivity index is 1.54. The Kier molecular flexibility index (Phi) is 6.36. The quantitative estimate of drug-likeness (QED) is 0.368. The molecular weight excluding hydrogens is 408 g/mol. The van der Waals surface area contributed by atoms with E-state index in [-0.39, 0.29) is 0 Å². The Morgan fingerprint density at radius 2 is 1.56 bits per heavy atom. The fourth-order valence-electron chi connectivity index (χ4n) is 3.28. The van der Waals surface area contributed by atoms with Gasteiger partial charge in [-0.2, -0.15) is 0 Å². The minimum atomic E-state index is -0.472. The van der Waals surface area contributed by atoms with Gasteiger partial charge in [-0.25, -0.2) is 0 Å². The molecule has 2 N–H and O–H groups in total. The Bertz CT molecular complexity index is 1160. The van der Waals surface area contributed by atoms with Gasteiger partial charge in [0.1, 0.15) is 19.0 Å². The number of hydrazine groups is 1. The summed E-state index contributed by atoms with van der Waals surface area (Å²) in [6.45, 7) is 0.887.